The van der Waals surface area contributed by atoms with Crippen LogP contribution in [0.4, 0.5) is 0 Å². The van der Waals surface area contributed by atoms with Crippen LogP contribution in [0, 0.1) is 13.8 Å². The number of rotatable bonds is 1. The van der Waals surface area contributed by atoms with Crippen molar-refractivity contribution in [1.82, 2.24) is 0 Å². The van der Waals surface area contributed by atoms with Gasteiger partial charge in [0.15, 0.2) is 0 Å². The monoisotopic (exact) mass is 232 g/mol. The lowest BCUT2D eigenvalue weighted by atomic mass is 10.00. The zero-order valence-corrected chi connectivity index (χ0v) is 10.8. The molecule has 18 heavy (non-hydrogen) atoms. The fraction of sp³-hybridized carbons (Fsp3) is 0.111. The van der Waals surface area contributed by atoms with Crippen LogP contribution in [0.2, 0.25) is 0 Å². The number of aryl methyl sites for hydroxylation is 2. The summed E-state index contributed by atoms with van der Waals surface area (Å²) in [6.45, 7) is 4.31. The molecule has 0 unspecified atom stereocenters. The van der Waals surface area contributed by atoms with Gasteiger partial charge < -0.3 is 0 Å². The molecule has 0 bridgehead atoms. The first kappa shape index (κ1) is 11.0. The SMILES string of the molecule is Cc1ccc2cc(C)cc-2c(-c2ccccc2)c1. The summed E-state index contributed by atoms with van der Waals surface area (Å²) in [7, 11) is 0. The Morgan fingerprint density at radius 3 is 2.00 bits per heavy atom. The van der Waals surface area contributed by atoms with E-state index in [0.29, 0.717) is 0 Å². The molecule has 0 fully saturated rings. The van der Waals surface area contributed by atoms with Crippen molar-refractivity contribution >= 4 is 0 Å². The molecule has 0 heteroatoms. The maximum absolute atomic E-state index is 2.27. The van der Waals surface area contributed by atoms with E-state index in [2.05, 4.69) is 74.5 Å². The summed E-state index contributed by atoms with van der Waals surface area (Å²) in [4.78, 5) is 0. The Morgan fingerprint density at radius 1 is 0.556 bits per heavy atom. The first-order valence-corrected chi connectivity index (χ1v) is 6.30. The summed E-state index contributed by atoms with van der Waals surface area (Å²) >= 11 is 0. The molecule has 0 amide bonds. The third kappa shape index (κ3) is 1.91. The normalized spacial score (nSPS) is 10.8. The summed E-state index contributed by atoms with van der Waals surface area (Å²) in [6.07, 6.45) is 0. The molecule has 1 aromatic rings. The Labute approximate surface area is 108 Å². The zero-order valence-electron chi connectivity index (χ0n) is 10.8. The molecule has 0 aliphatic heterocycles. The molecule has 0 saturated heterocycles. The van der Waals surface area contributed by atoms with Crippen LogP contribution in [0.3, 0.4) is 0 Å². The van der Waals surface area contributed by atoms with Crippen LogP contribution < -0.4 is 0 Å². The molecular weight excluding hydrogens is 216 g/mol. The minimum atomic E-state index is 1.28. The van der Waals surface area contributed by atoms with Crippen LogP contribution in [-0.2, 0) is 0 Å². The summed E-state index contributed by atoms with van der Waals surface area (Å²) in [5, 5.41) is 0. The molecule has 0 radical (unpaired) electrons. The molecule has 0 heterocycles. The first-order valence-electron chi connectivity index (χ1n) is 6.30. The Morgan fingerprint density at radius 2 is 1.22 bits per heavy atom. The number of benzene rings is 1. The van der Waals surface area contributed by atoms with E-state index in [1.807, 2.05) is 0 Å². The van der Waals surface area contributed by atoms with Gasteiger partial charge in [-0.15, -0.1) is 0 Å². The van der Waals surface area contributed by atoms with Gasteiger partial charge >= 0.3 is 0 Å². The number of hydrogen-bond acceptors (Lipinski definition) is 0. The second-order valence-electron chi connectivity index (χ2n) is 4.90. The highest BCUT2D eigenvalue weighted by molar-refractivity contribution is 5.85. The molecule has 88 valence electrons. The van der Waals surface area contributed by atoms with Gasteiger partial charge in [0.05, 0.1) is 0 Å². The van der Waals surface area contributed by atoms with Gasteiger partial charge in [-0.3, -0.25) is 0 Å². The van der Waals surface area contributed by atoms with E-state index in [4.69, 9.17) is 0 Å². The zero-order chi connectivity index (χ0) is 12.5. The van der Waals surface area contributed by atoms with Gasteiger partial charge in [-0.2, -0.15) is 0 Å². The van der Waals surface area contributed by atoms with Crippen LogP contribution in [0.1, 0.15) is 11.1 Å². The lowest BCUT2D eigenvalue weighted by Crippen LogP contribution is -1.78. The van der Waals surface area contributed by atoms with Crippen molar-refractivity contribution in [3.63, 3.8) is 0 Å². The molecule has 0 aromatic heterocycles. The van der Waals surface area contributed by atoms with Crippen molar-refractivity contribution in [3.05, 3.63) is 71.8 Å². The molecule has 0 nitrogen and oxygen atoms in total. The third-order valence-corrected chi connectivity index (χ3v) is 3.34. The van der Waals surface area contributed by atoms with Crippen LogP contribution in [-0.4, -0.2) is 0 Å². The van der Waals surface area contributed by atoms with Crippen molar-refractivity contribution in [2.24, 2.45) is 0 Å². The minimum Gasteiger partial charge on any atom is -0.0622 e. The molecule has 0 atom stereocenters. The first-order chi connectivity index (χ1) is 8.74. The van der Waals surface area contributed by atoms with E-state index < -0.39 is 0 Å². The average molecular weight is 232 g/mol. The average Bonchev–Trinajstić information content (AvgIpc) is 2.68. The van der Waals surface area contributed by atoms with Gasteiger partial charge in [0.2, 0.25) is 0 Å². The molecule has 0 spiro atoms. The van der Waals surface area contributed by atoms with E-state index >= 15 is 0 Å². The topological polar surface area (TPSA) is 0 Å². The summed E-state index contributed by atoms with van der Waals surface area (Å²) in [6, 6.07) is 21.8. The Hall–Kier alpha value is -2.08. The highest BCUT2D eigenvalue weighted by Gasteiger charge is 2.10. The van der Waals surface area contributed by atoms with Gasteiger partial charge in [-0.25, -0.2) is 0 Å². The molecule has 0 N–H and O–H groups in total. The fourth-order valence-electron chi connectivity index (χ4n) is 2.48. The lowest BCUT2D eigenvalue weighted by Gasteiger charge is -2.04. The molecule has 2 aliphatic carbocycles. The van der Waals surface area contributed by atoms with Crippen molar-refractivity contribution in [1.29, 1.82) is 0 Å². The molecule has 3 rings (SSSR count). The molecule has 1 aromatic carbocycles. The van der Waals surface area contributed by atoms with E-state index in [0.717, 1.165) is 0 Å². The van der Waals surface area contributed by atoms with Gasteiger partial charge in [0, 0.05) is 0 Å². The smallest absolute Gasteiger partial charge is 0.0103 e. The van der Waals surface area contributed by atoms with Gasteiger partial charge in [0.25, 0.3) is 0 Å². The number of fused-ring (bicyclic) bond motifs is 1. The van der Waals surface area contributed by atoms with E-state index in [1.165, 1.54) is 33.4 Å². The van der Waals surface area contributed by atoms with Gasteiger partial charge in [-0.1, -0.05) is 66.2 Å². The quantitative estimate of drug-likeness (QED) is 0.549. The highest BCUT2D eigenvalue weighted by atomic mass is 14.1. The maximum Gasteiger partial charge on any atom is -0.0103 e. The second kappa shape index (κ2) is 4.30. The van der Waals surface area contributed by atoms with Crippen LogP contribution >= 0.6 is 0 Å². The van der Waals surface area contributed by atoms with Crippen LogP contribution in [0.15, 0.2) is 60.7 Å². The predicted molar refractivity (Wildman–Crippen MR) is 78.0 cm³/mol. The highest BCUT2D eigenvalue weighted by Crippen LogP contribution is 2.35. The molecular formula is C18H16. The number of hydrogen-bond donors (Lipinski definition) is 0. The Bertz CT molecular complexity index is 650. The minimum absolute atomic E-state index is 1.28. The van der Waals surface area contributed by atoms with Crippen LogP contribution in [0.5, 0.6) is 0 Å². The van der Waals surface area contributed by atoms with Crippen molar-refractivity contribution in [3.8, 4) is 22.3 Å². The predicted octanol–water partition coefficient (Wildman–Crippen LogP) is 5.08. The standard InChI is InChI=1S/C18H16/c1-13-8-9-16-10-14(2)12-18(16)17(11-13)15-6-4-3-5-7-15/h3-12H,1-2H3. The molecule has 0 saturated carbocycles. The van der Waals surface area contributed by atoms with E-state index in [1.54, 1.807) is 0 Å². The second-order valence-corrected chi connectivity index (χ2v) is 4.90. The summed E-state index contributed by atoms with van der Waals surface area (Å²) in [5.41, 5.74) is 7.88. The van der Waals surface area contributed by atoms with Crippen molar-refractivity contribution in [2.45, 2.75) is 13.8 Å². The van der Waals surface area contributed by atoms with Crippen molar-refractivity contribution in [2.75, 3.05) is 0 Å². The summed E-state index contributed by atoms with van der Waals surface area (Å²) < 4.78 is 0. The molecule has 2 aliphatic rings. The van der Waals surface area contributed by atoms with Crippen molar-refractivity contribution < 1.29 is 0 Å². The fourth-order valence-corrected chi connectivity index (χ4v) is 2.48. The third-order valence-electron chi connectivity index (χ3n) is 3.34. The van der Waals surface area contributed by atoms with Crippen LogP contribution in [0.25, 0.3) is 22.3 Å². The van der Waals surface area contributed by atoms with Gasteiger partial charge in [0.1, 0.15) is 0 Å². The largest absolute Gasteiger partial charge is 0.0622 e. The Balaban J connectivity index is 2.33. The van der Waals surface area contributed by atoms with E-state index in [-0.39, 0.29) is 0 Å². The Kier molecular flexibility index (Phi) is 2.64. The van der Waals surface area contributed by atoms with Gasteiger partial charge in [-0.05, 0) is 41.7 Å². The van der Waals surface area contributed by atoms with E-state index in [9.17, 15) is 0 Å². The summed E-state index contributed by atoms with van der Waals surface area (Å²) in [5.74, 6) is 0. The lowest BCUT2D eigenvalue weighted by molar-refractivity contribution is 1.50. The maximum atomic E-state index is 2.27.